The van der Waals surface area contributed by atoms with Gasteiger partial charge in [0, 0.05) is 0 Å². The van der Waals surface area contributed by atoms with Gasteiger partial charge < -0.3 is 0 Å². The highest BCUT2D eigenvalue weighted by Crippen LogP contribution is 2.13. The van der Waals surface area contributed by atoms with E-state index in [1.54, 1.807) is 0 Å². The van der Waals surface area contributed by atoms with Crippen molar-refractivity contribution < 1.29 is 4.79 Å². The first-order valence-corrected chi connectivity index (χ1v) is 4.19. The van der Waals surface area contributed by atoms with Crippen molar-refractivity contribution in [2.75, 3.05) is 0 Å². The van der Waals surface area contributed by atoms with Gasteiger partial charge in [-0.1, -0.05) is 13.8 Å². The highest BCUT2D eigenvalue weighted by Gasteiger charge is 2.11. The van der Waals surface area contributed by atoms with Crippen LogP contribution in [0.2, 0.25) is 0 Å². The van der Waals surface area contributed by atoms with Gasteiger partial charge in [-0.2, -0.15) is 0 Å². The van der Waals surface area contributed by atoms with Gasteiger partial charge in [0.2, 0.25) is 5.24 Å². The highest BCUT2D eigenvalue weighted by molar-refractivity contribution is 6.69. The number of rotatable bonds is 4. The third-order valence-electron chi connectivity index (χ3n) is 1.24. The lowest BCUT2D eigenvalue weighted by atomic mass is 10.1. The van der Waals surface area contributed by atoms with E-state index in [-0.39, 0.29) is 0 Å². The van der Waals surface area contributed by atoms with Crippen LogP contribution in [0.4, 0.5) is 0 Å². The second-order valence-corrected chi connectivity index (χ2v) is 3.64. The largest absolute Gasteiger partial charge is 0.280 e. The van der Waals surface area contributed by atoms with Crippen molar-refractivity contribution in [3.05, 3.63) is 0 Å². The van der Waals surface area contributed by atoms with Crippen LogP contribution in [0.15, 0.2) is 0 Å². The van der Waals surface area contributed by atoms with E-state index in [1.807, 2.05) is 0 Å². The van der Waals surface area contributed by atoms with Gasteiger partial charge in [0.25, 0.3) is 0 Å². The number of carbonyl (C=O) groups excluding carboxylic acids is 1. The molecule has 0 amide bonds. The molecule has 0 aliphatic rings. The van der Waals surface area contributed by atoms with Crippen molar-refractivity contribution in [2.45, 2.75) is 32.1 Å². The second-order valence-electron chi connectivity index (χ2n) is 2.74. The second kappa shape index (κ2) is 4.97. The Morgan fingerprint density at radius 1 is 1.40 bits per heavy atom. The van der Waals surface area contributed by atoms with Crippen molar-refractivity contribution in [2.24, 2.45) is 5.92 Å². The van der Waals surface area contributed by atoms with Gasteiger partial charge >= 0.3 is 0 Å². The van der Waals surface area contributed by atoms with Gasteiger partial charge in [-0.3, -0.25) is 4.79 Å². The van der Waals surface area contributed by atoms with Crippen LogP contribution in [0.5, 0.6) is 0 Å². The van der Waals surface area contributed by atoms with Crippen LogP contribution in [0.25, 0.3) is 0 Å². The zero-order valence-electron chi connectivity index (χ0n) is 6.23. The Labute approximate surface area is 71.7 Å². The Morgan fingerprint density at radius 2 is 1.90 bits per heavy atom. The summed E-state index contributed by atoms with van der Waals surface area (Å²) in [7, 11) is 0. The van der Waals surface area contributed by atoms with Crippen LogP contribution in [-0.2, 0) is 4.79 Å². The zero-order chi connectivity index (χ0) is 8.15. The molecule has 0 saturated carbocycles. The van der Waals surface area contributed by atoms with Crippen LogP contribution in [0, 0.1) is 5.92 Å². The monoisotopic (exact) mass is 182 g/mol. The summed E-state index contributed by atoms with van der Waals surface area (Å²) >= 11 is 10.7. The number of alkyl halides is 1. The number of halogens is 2. The minimum atomic E-state index is -0.496. The minimum absolute atomic E-state index is 0.442. The van der Waals surface area contributed by atoms with E-state index in [4.69, 9.17) is 23.2 Å². The summed E-state index contributed by atoms with van der Waals surface area (Å²) in [6.45, 7) is 4.17. The van der Waals surface area contributed by atoms with Gasteiger partial charge in [0.1, 0.15) is 5.38 Å². The standard InChI is InChI=1S/C7H12Cl2O/c1-5(2)3-4-6(8)7(9)10/h5-6H,3-4H2,1-2H3. The van der Waals surface area contributed by atoms with Crippen molar-refractivity contribution in [1.29, 1.82) is 0 Å². The molecule has 0 radical (unpaired) electrons. The Bertz CT molecular complexity index is 112. The van der Waals surface area contributed by atoms with E-state index in [0.29, 0.717) is 12.3 Å². The summed E-state index contributed by atoms with van der Waals surface area (Å²) in [5, 5.41) is -0.939. The smallest absolute Gasteiger partial charge is 0.239 e. The molecular formula is C7H12Cl2O. The molecule has 0 aromatic carbocycles. The lowest BCUT2D eigenvalue weighted by Crippen LogP contribution is -2.08. The summed E-state index contributed by atoms with van der Waals surface area (Å²) in [5.74, 6) is 0.581. The summed E-state index contributed by atoms with van der Waals surface area (Å²) in [6.07, 6.45) is 1.63. The molecule has 0 bridgehead atoms. The fourth-order valence-corrected chi connectivity index (χ4v) is 0.828. The first kappa shape index (κ1) is 10.2. The summed E-state index contributed by atoms with van der Waals surface area (Å²) < 4.78 is 0. The Balaban J connectivity index is 3.40. The number of carbonyl (C=O) groups is 1. The quantitative estimate of drug-likeness (QED) is 0.483. The van der Waals surface area contributed by atoms with Crippen LogP contribution in [0.3, 0.4) is 0 Å². The summed E-state index contributed by atoms with van der Waals surface area (Å²) in [6, 6.07) is 0. The topological polar surface area (TPSA) is 17.1 Å². The number of hydrogen-bond donors (Lipinski definition) is 0. The predicted molar refractivity (Wildman–Crippen MR) is 44.6 cm³/mol. The molecule has 0 aliphatic heterocycles. The lowest BCUT2D eigenvalue weighted by molar-refractivity contribution is -0.111. The Kier molecular flexibility index (Phi) is 5.10. The molecule has 0 saturated heterocycles. The van der Waals surface area contributed by atoms with Gasteiger partial charge in [-0.25, -0.2) is 0 Å². The van der Waals surface area contributed by atoms with E-state index >= 15 is 0 Å². The zero-order valence-corrected chi connectivity index (χ0v) is 7.74. The molecule has 3 heteroatoms. The maximum Gasteiger partial charge on any atom is 0.239 e. The van der Waals surface area contributed by atoms with Crippen LogP contribution in [-0.4, -0.2) is 10.6 Å². The molecule has 10 heavy (non-hydrogen) atoms. The molecule has 0 spiro atoms. The van der Waals surface area contributed by atoms with E-state index in [0.717, 1.165) is 6.42 Å². The summed E-state index contributed by atoms with van der Waals surface area (Å²) in [4.78, 5) is 10.4. The average Bonchev–Trinajstić information content (AvgIpc) is 1.82. The molecule has 0 fully saturated rings. The molecule has 1 nitrogen and oxygen atoms in total. The third kappa shape index (κ3) is 5.07. The Hall–Kier alpha value is 0.250. The average molecular weight is 183 g/mol. The van der Waals surface area contributed by atoms with Crippen molar-refractivity contribution in [3.8, 4) is 0 Å². The molecule has 1 atom stereocenters. The van der Waals surface area contributed by atoms with Crippen molar-refractivity contribution in [3.63, 3.8) is 0 Å². The fourth-order valence-electron chi connectivity index (χ4n) is 0.593. The molecule has 0 aromatic heterocycles. The first-order chi connectivity index (χ1) is 4.54. The molecular weight excluding hydrogens is 171 g/mol. The highest BCUT2D eigenvalue weighted by atomic mass is 35.5. The molecule has 0 rings (SSSR count). The predicted octanol–water partition coefficient (Wildman–Crippen LogP) is 2.80. The van der Waals surface area contributed by atoms with Gasteiger partial charge in [-0.15, -0.1) is 11.6 Å². The summed E-state index contributed by atoms with van der Waals surface area (Å²) in [5.41, 5.74) is 0. The third-order valence-corrected chi connectivity index (χ3v) is 2.04. The molecule has 1 unspecified atom stereocenters. The normalized spacial score (nSPS) is 13.7. The van der Waals surface area contributed by atoms with Crippen molar-refractivity contribution >= 4 is 28.4 Å². The maximum atomic E-state index is 10.4. The van der Waals surface area contributed by atoms with E-state index in [9.17, 15) is 4.79 Å². The van der Waals surface area contributed by atoms with Crippen LogP contribution < -0.4 is 0 Å². The van der Waals surface area contributed by atoms with Crippen LogP contribution in [0.1, 0.15) is 26.7 Å². The fraction of sp³-hybridized carbons (Fsp3) is 0.857. The van der Waals surface area contributed by atoms with E-state index in [2.05, 4.69) is 13.8 Å². The maximum absolute atomic E-state index is 10.4. The molecule has 0 aromatic rings. The molecule has 0 aliphatic carbocycles. The molecule has 0 heterocycles. The van der Waals surface area contributed by atoms with Gasteiger partial charge in [-0.05, 0) is 30.4 Å². The molecule has 0 N–H and O–H groups in total. The SMILES string of the molecule is CC(C)CCC(Cl)C(=O)Cl. The van der Waals surface area contributed by atoms with E-state index in [1.165, 1.54) is 0 Å². The van der Waals surface area contributed by atoms with Crippen LogP contribution >= 0.6 is 23.2 Å². The minimum Gasteiger partial charge on any atom is -0.280 e. The van der Waals surface area contributed by atoms with Gasteiger partial charge in [0.15, 0.2) is 0 Å². The molecule has 60 valence electrons. The van der Waals surface area contributed by atoms with Crippen molar-refractivity contribution in [1.82, 2.24) is 0 Å². The first-order valence-electron chi connectivity index (χ1n) is 3.37. The number of hydrogen-bond acceptors (Lipinski definition) is 1. The van der Waals surface area contributed by atoms with E-state index < -0.39 is 10.6 Å². The lowest BCUT2D eigenvalue weighted by Gasteiger charge is -2.05. The Morgan fingerprint density at radius 3 is 2.20 bits per heavy atom. The van der Waals surface area contributed by atoms with Gasteiger partial charge in [0.05, 0.1) is 0 Å².